The van der Waals surface area contributed by atoms with Gasteiger partial charge in [-0.25, -0.2) is 4.79 Å². The minimum absolute atomic E-state index is 0.0640. The second kappa shape index (κ2) is 3.99. The second-order valence-corrected chi connectivity index (χ2v) is 2.82. The van der Waals surface area contributed by atoms with E-state index in [9.17, 15) is 19.2 Å². The molecule has 0 aromatic rings. The summed E-state index contributed by atoms with van der Waals surface area (Å²) in [6.07, 6.45) is 0.796. The van der Waals surface area contributed by atoms with E-state index in [1.54, 1.807) is 0 Å². The Kier molecular flexibility index (Phi) is 2.95. The Morgan fingerprint density at radius 3 is 2.71 bits per heavy atom. The van der Waals surface area contributed by atoms with Crippen LogP contribution in [-0.4, -0.2) is 42.1 Å². The van der Waals surface area contributed by atoms with Crippen LogP contribution in [-0.2, 0) is 23.9 Å². The Hall–Kier alpha value is -1.72. The topological polar surface area (TPSA) is 80.8 Å². The quantitative estimate of drug-likeness (QED) is 0.243. The van der Waals surface area contributed by atoms with Crippen LogP contribution in [0.15, 0.2) is 0 Å². The molecule has 0 unspecified atom stereocenters. The van der Waals surface area contributed by atoms with E-state index in [0.717, 1.165) is 12.0 Å². The summed E-state index contributed by atoms with van der Waals surface area (Å²) in [7, 11) is 1.05. The van der Waals surface area contributed by atoms with Crippen molar-refractivity contribution in [3.8, 4) is 0 Å². The molecule has 0 aromatic heterocycles. The number of methoxy groups -OCH3 is 1. The van der Waals surface area contributed by atoms with E-state index in [1.165, 1.54) is 0 Å². The van der Waals surface area contributed by atoms with E-state index < -0.39 is 23.8 Å². The summed E-state index contributed by atoms with van der Waals surface area (Å²) in [5.41, 5.74) is 0. The smallest absolute Gasteiger partial charge is 0.397 e. The van der Waals surface area contributed by atoms with Gasteiger partial charge in [0.15, 0.2) is 0 Å². The van der Waals surface area contributed by atoms with Crippen molar-refractivity contribution < 1.29 is 23.9 Å². The average Bonchev–Trinajstić information content (AvgIpc) is 2.15. The number of hydrogen-bond donors (Lipinski definition) is 0. The molecule has 0 aromatic carbocycles. The number of β-lactam (4-membered cyclic amide) rings is 1. The molecule has 0 saturated carbocycles. The molecule has 76 valence electrons. The van der Waals surface area contributed by atoms with Gasteiger partial charge in [-0.2, -0.15) is 0 Å². The van der Waals surface area contributed by atoms with Crippen LogP contribution in [0.1, 0.15) is 12.8 Å². The Labute approximate surface area is 79.8 Å². The number of esters is 1. The fourth-order valence-electron chi connectivity index (χ4n) is 1.25. The molecule has 0 bridgehead atoms. The van der Waals surface area contributed by atoms with Crippen LogP contribution in [0.5, 0.6) is 0 Å². The molecule has 1 saturated heterocycles. The first kappa shape index (κ1) is 10.4. The first-order valence-corrected chi connectivity index (χ1v) is 3.99. The van der Waals surface area contributed by atoms with Gasteiger partial charge in [0.25, 0.3) is 0 Å². The monoisotopic (exact) mass is 199 g/mol. The van der Waals surface area contributed by atoms with Gasteiger partial charge in [0, 0.05) is 12.8 Å². The third kappa shape index (κ3) is 1.63. The Bertz CT molecular complexity index is 296. The number of amides is 2. The molecule has 1 heterocycles. The van der Waals surface area contributed by atoms with Crippen LogP contribution in [0.3, 0.4) is 0 Å². The molecule has 6 nitrogen and oxygen atoms in total. The third-order valence-corrected chi connectivity index (χ3v) is 1.99. The highest BCUT2D eigenvalue weighted by atomic mass is 16.5. The largest absolute Gasteiger partial charge is 0.462 e. The highest BCUT2D eigenvalue weighted by Gasteiger charge is 2.43. The lowest BCUT2D eigenvalue weighted by Gasteiger charge is -2.36. The van der Waals surface area contributed by atoms with Gasteiger partial charge >= 0.3 is 11.9 Å². The fourth-order valence-corrected chi connectivity index (χ4v) is 1.25. The zero-order chi connectivity index (χ0) is 10.7. The summed E-state index contributed by atoms with van der Waals surface area (Å²) in [6.45, 7) is 0. The second-order valence-electron chi connectivity index (χ2n) is 2.82. The van der Waals surface area contributed by atoms with Crippen molar-refractivity contribution in [1.82, 2.24) is 4.90 Å². The van der Waals surface area contributed by atoms with Gasteiger partial charge in [-0.3, -0.25) is 14.5 Å². The zero-order valence-corrected chi connectivity index (χ0v) is 7.56. The number of rotatable bonds is 2. The summed E-state index contributed by atoms with van der Waals surface area (Å²) < 4.78 is 4.17. The van der Waals surface area contributed by atoms with E-state index in [0.29, 0.717) is 6.29 Å². The lowest BCUT2D eigenvalue weighted by atomic mass is 9.99. The molecule has 0 N–H and O–H groups in total. The maximum Gasteiger partial charge on any atom is 0.397 e. The highest BCUT2D eigenvalue weighted by Crippen LogP contribution is 2.21. The lowest BCUT2D eigenvalue weighted by Crippen LogP contribution is -2.57. The van der Waals surface area contributed by atoms with Crippen molar-refractivity contribution in [2.75, 3.05) is 7.11 Å². The predicted octanol–water partition coefficient (Wildman–Crippen LogP) is -1.12. The van der Waals surface area contributed by atoms with Crippen molar-refractivity contribution in [2.24, 2.45) is 0 Å². The van der Waals surface area contributed by atoms with Crippen LogP contribution in [0.2, 0.25) is 0 Å². The van der Waals surface area contributed by atoms with Crippen molar-refractivity contribution in [3.05, 3.63) is 0 Å². The molecule has 0 spiro atoms. The summed E-state index contributed by atoms with van der Waals surface area (Å²) in [4.78, 5) is 43.8. The predicted molar refractivity (Wildman–Crippen MR) is 43.0 cm³/mol. The van der Waals surface area contributed by atoms with Gasteiger partial charge < -0.3 is 9.53 Å². The molecule has 1 aliphatic heterocycles. The Balaban J connectivity index is 2.65. The molecule has 1 rings (SSSR count). The number of likely N-dealkylation sites (tertiary alicyclic amines) is 1. The number of nitrogens with zero attached hydrogens (tertiary/aromatic N) is 1. The standard InChI is InChI=1S/C8H9NO5/c1-14-8(13)7(12)9-5(2-3-10)4-6(9)11/h3,5H,2,4H2,1H3/t5-/m1/s1. The summed E-state index contributed by atoms with van der Waals surface area (Å²) in [5, 5.41) is 0. The fraction of sp³-hybridized carbons (Fsp3) is 0.500. The van der Waals surface area contributed by atoms with Crippen molar-refractivity contribution in [2.45, 2.75) is 18.9 Å². The van der Waals surface area contributed by atoms with E-state index in [1.807, 2.05) is 0 Å². The first-order valence-electron chi connectivity index (χ1n) is 3.99. The number of imide groups is 1. The third-order valence-electron chi connectivity index (χ3n) is 1.99. The van der Waals surface area contributed by atoms with Crippen LogP contribution >= 0.6 is 0 Å². The highest BCUT2D eigenvalue weighted by molar-refractivity contribution is 6.36. The average molecular weight is 199 g/mol. The van der Waals surface area contributed by atoms with Gasteiger partial charge in [-0.1, -0.05) is 0 Å². The number of carbonyl (C=O) groups excluding carboxylic acids is 4. The minimum atomic E-state index is -1.09. The van der Waals surface area contributed by atoms with Crippen molar-refractivity contribution in [3.63, 3.8) is 0 Å². The zero-order valence-electron chi connectivity index (χ0n) is 7.56. The van der Waals surface area contributed by atoms with Crippen LogP contribution in [0.25, 0.3) is 0 Å². The van der Waals surface area contributed by atoms with Crippen molar-refractivity contribution >= 4 is 24.1 Å². The Morgan fingerprint density at radius 1 is 1.64 bits per heavy atom. The molecule has 6 heteroatoms. The van der Waals surface area contributed by atoms with Gasteiger partial charge in [-0.05, 0) is 0 Å². The van der Waals surface area contributed by atoms with E-state index in [2.05, 4.69) is 4.74 Å². The summed E-state index contributed by atoms with van der Waals surface area (Å²) >= 11 is 0. The number of ether oxygens (including phenoxy) is 1. The SMILES string of the molecule is COC(=O)C(=O)N1C(=O)C[C@H]1CC=O. The molecule has 1 aliphatic rings. The normalized spacial score (nSPS) is 19.9. The molecular weight excluding hydrogens is 190 g/mol. The number of aldehydes is 1. The molecule has 1 atom stereocenters. The van der Waals surface area contributed by atoms with Gasteiger partial charge in [-0.15, -0.1) is 0 Å². The maximum absolute atomic E-state index is 11.2. The molecular formula is C8H9NO5. The maximum atomic E-state index is 11.2. The van der Waals surface area contributed by atoms with Crippen molar-refractivity contribution in [1.29, 1.82) is 0 Å². The number of hydrogen-bond acceptors (Lipinski definition) is 5. The van der Waals surface area contributed by atoms with Crippen LogP contribution in [0.4, 0.5) is 0 Å². The van der Waals surface area contributed by atoms with Crippen LogP contribution in [0, 0.1) is 0 Å². The van der Waals surface area contributed by atoms with E-state index >= 15 is 0 Å². The van der Waals surface area contributed by atoms with Gasteiger partial charge in [0.1, 0.15) is 6.29 Å². The van der Waals surface area contributed by atoms with E-state index in [-0.39, 0.29) is 12.8 Å². The summed E-state index contributed by atoms with van der Waals surface area (Å²) in [5.74, 6) is -2.54. The van der Waals surface area contributed by atoms with Gasteiger partial charge in [0.2, 0.25) is 5.91 Å². The lowest BCUT2D eigenvalue weighted by molar-refractivity contribution is -0.169. The summed E-state index contributed by atoms with van der Waals surface area (Å²) in [6, 6.07) is -0.480. The molecule has 1 fully saturated rings. The molecule has 14 heavy (non-hydrogen) atoms. The Morgan fingerprint density at radius 2 is 2.29 bits per heavy atom. The first-order chi connectivity index (χ1) is 6.61. The number of carbonyl (C=O) groups is 4. The molecule has 0 radical (unpaired) electrons. The molecule has 2 amide bonds. The minimum Gasteiger partial charge on any atom is -0.462 e. The van der Waals surface area contributed by atoms with Gasteiger partial charge in [0.05, 0.1) is 13.2 Å². The van der Waals surface area contributed by atoms with E-state index in [4.69, 9.17) is 0 Å². The van der Waals surface area contributed by atoms with Crippen LogP contribution < -0.4 is 0 Å². The molecule has 0 aliphatic carbocycles.